The Labute approximate surface area is 121 Å². The summed E-state index contributed by atoms with van der Waals surface area (Å²) in [6.07, 6.45) is 3.71. The van der Waals surface area contributed by atoms with Crippen LogP contribution in [-0.2, 0) is 12.8 Å². The Morgan fingerprint density at radius 3 is 2.60 bits per heavy atom. The van der Waals surface area contributed by atoms with Crippen LogP contribution in [0.3, 0.4) is 0 Å². The van der Waals surface area contributed by atoms with Crippen LogP contribution in [0.15, 0.2) is 34.9 Å². The highest BCUT2D eigenvalue weighted by Gasteiger charge is 2.06. The molecule has 1 heterocycles. The van der Waals surface area contributed by atoms with Gasteiger partial charge in [-0.05, 0) is 24.4 Å². The van der Waals surface area contributed by atoms with E-state index in [4.69, 9.17) is 4.42 Å². The number of aryl methyl sites for hydroxylation is 1. The maximum absolute atomic E-state index is 5.80. The van der Waals surface area contributed by atoms with Crippen molar-refractivity contribution in [2.75, 3.05) is 13.1 Å². The van der Waals surface area contributed by atoms with Crippen LogP contribution in [0.25, 0.3) is 11.3 Å². The summed E-state index contributed by atoms with van der Waals surface area (Å²) in [7, 11) is 0. The molecule has 0 radical (unpaired) electrons. The average Bonchev–Trinajstić information content (AvgIpc) is 2.92. The van der Waals surface area contributed by atoms with E-state index in [0.717, 1.165) is 43.1 Å². The SMILES string of the molecule is CCc1ccc(-c2cnc(CCNCC(C)C)o2)cc1. The van der Waals surface area contributed by atoms with Gasteiger partial charge in [-0.15, -0.1) is 0 Å². The van der Waals surface area contributed by atoms with E-state index < -0.39 is 0 Å². The van der Waals surface area contributed by atoms with Gasteiger partial charge in [-0.3, -0.25) is 0 Å². The quantitative estimate of drug-likeness (QED) is 0.781. The number of nitrogens with one attached hydrogen (secondary N) is 1. The Balaban J connectivity index is 1.90. The summed E-state index contributed by atoms with van der Waals surface area (Å²) in [6, 6.07) is 8.48. The predicted molar refractivity (Wildman–Crippen MR) is 82.7 cm³/mol. The van der Waals surface area contributed by atoms with Crippen LogP contribution in [0.2, 0.25) is 0 Å². The summed E-state index contributed by atoms with van der Waals surface area (Å²) < 4.78 is 5.80. The Hall–Kier alpha value is -1.61. The van der Waals surface area contributed by atoms with E-state index >= 15 is 0 Å². The summed E-state index contributed by atoms with van der Waals surface area (Å²) in [6.45, 7) is 8.51. The number of aromatic nitrogens is 1. The molecule has 0 saturated heterocycles. The zero-order chi connectivity index (χ0) is 14.4. The topological polar surface area (TPSA) is 38.1 Å². The van der Waals surface area contributed by atoms with E-state index in [0.29, 0.717) is 5.92 Å². The third kappa shape index (κ3) is 4.20. The van der Waals surface area contributed by atoms with Gasteiger partial charge in [0, 0.05) is 18.5 Å². The second-order valence-electron chi connectivity index (χ2n) is 5.52. The number of benzene rings is 1. The maximum atomic E-state index is 5.80. The van der Waals surface area contributed by atoms with E-state index in [-0.39, 0.29) is 0 Å². The summed E-state index contributed by atoms with van der Waals surface area (Å²) in [5, 5.41) is 3.40. The molecule has 1 aromatic heterocycles. The van der Waals surface area contributed by atoms with E-state index in [2.05, 4.69) is 55.3 Å². The summed E-state index contributed by atoms with van der Waals surface area (Å²) in [5.74, 6) is 2.33. The van der Waals surface area contributed by atoms with Crippen molar-refractivity contribution in [2.24, 2.45) is 5.92 Å². The molecule has 1 N–H and O–H groups in total. The van der Waals surface area contributed by atoms with Gasteiger partial charge < -0.3 is 9.73 Å². The zero-order valence-electron chi connectivity index (χ0n) is 12.6. The van der Waals surface area contributed by atoms with Crippen LogP contribution in [0.1, 0.15) is 32.2 Å². The molecule has 2 rings (SSSR count). The molecular formula is C17H24N2O. The van der Waals surface area contributed by atoms with Gasteiger partial charge in [-0.1, -0.05) is 45.0 Å². The standard InChI is InChI=1S/C17H24N2O/c1-4-14-5-7-15(8-6-14)16-12-19-17(20-16)9-10-18-11-13(2)3/h5-8,12-13,18H,4,9-11H2,1-3H3. The highest BCUT2D eigenvalue weighted by atomic mass is 16.4. The molecule has 0 aliphatic heterocycles. The lowest BCUT2D eigenvalue weighted by Gasteiger charge is -2.05. The average molecular weight is 272 g/mol. The lowest BCUT2D eigenvalue weighted by molar-refractivity contribution is 0.483. The highest BCUT2D eigenvalue weighted by molar-refractivity contribution is 5.56. The van der Waals surface area contributed by atoms with Crippen molar-refractivity contribution in [3.63, 3.8) is 0 Å². The van der Waals surface area contributed by atoms with E-state index in [1.165, 1.54) is 5.56 Å². The minimum atomic E-state index is 0.673. The fraction of sp³-hybridized carbons (Fsp3) is 0.471. The summed E-state index contributed by atoms with van der Waals surface area (Å²) >= 11 is 0. The Morgan fingerprint density at radius 1 is 1.20 bits per heavy atom. The molecular weight excluding hydrogens is 248 g/mol. The minimum absolute atomic E-state index is 0.673. The fourth-order valence-electron chi connectivity index (χ4n) is 2.05. The first-order valence-electron chi connectivity index (χ1n) is 7.43. The molecule has 0 unspecified atom stereocenters. The van der Waals surface area contributed by atoms with Gasteiger partial charge in [0.1, 0.15) is 0 Å². The molecule has 3 nitrogen and oxygen atoms in total. The van der Waals surface area contributed by atoms with Gasteiger partial charge in [0.15, 0.2) is 11.7 Å². The second kappa shape index (κ2) is 7.25. The fourth-order valence-corrected chi connectivity index (χ4v) is 2.05. The smallest absolute Gasteiger partial charge is 0.196 e. The molecule has 1 aromatic carbocycles. The van der Waals surface area contributed by atoms with Crippen LogP contribution in [0.5, 0.6) is 0 Å². The minimum Gasteiger partial charge on any atom is -0.441 e. The van der Waals surface area contributed by atoms with Crippen LogP contribution in [0, 0.1) is 5.92 Å². The predicted octanol–water partition coefficient (Wildman–Crippen LogP) is 3.69. The third-order valence-electron chi connectivity index (χ3n) is 3.27. The molecule has 0 fully saturated rings. The molecule has 0 bridgehead atoms. The van der Waals surface area contributed by atoms with Gasteiger partial charge in [0.05, 0.1) is 6.20 Å². The molecule has 0 spiro atoms. The van der Waals surface area contributed by atoms with Crippen molar-refractivity contribution >= 4 is 0 Å². The first-order chi connectivity index (χ1) is 9.69. The van der Waals surface area contributed by atoms with E-state index in [9.17, 15) is 0 Å². The molecule has 0 amide bonds. The van der Waals surface area contributed by atoms with Crippen molar-refractivity contribution in [3.8, 4) is 11.3 Å². The Morgan fingerprint density at radius 2 is 1.95 bits per heavy atom. The molecule has 0 aliphatic rings. The summed E-state index contributed by atoms with van der Waals surface area (Å²) in [5.41, 5.74) is 2.43. The van der Waals surface area contributed by atoms with Gasteiger partial charge in [0.25, 0.3) is 0 Å². The molecule has 0 aliphatic carbocycles. The van der Waals surface area contributed by atoms with Crippen molar-refractivity contribution in [2.45, 2.75) is 33.6 Å². The normalized spacial score (nSPS) is 11.2. The number of nitrogens with zero attached hydrogens (tertiary/aromatic N) is 1. The molecule has 108 valence electrons. The molecule has 0 saturated carbocycles. The third-order valence-corrected chi connectivity index (χ3v) is 3.27. The molecule has 3 heteroatoms. The Kier molecular flexibility index (Phi) is 5.36. The van der Waals surface area contributed by atoms with Crippen molar-refractivity contribution in [1.82, 2.24) is 10.3 Å². The van der Waals surface area contributed by atoms with Gasteiger partial charge in [0.2, 0.25) is 0 Å². The van der Waals surface area contributed by atoms with Crippen LogP contribution < -0.4 is 5.32 Å². The summed E-state index contributed by atoms with van der Waals surface area (Å²) in [4.78, 5) is 4.35. The van der Waals surface area contributed by atoms with Crippen molar-refractivity contribution in [3.05, 3.63) is 41.9 Å². The van der Waals surface area contributed by atoms with Crippen molar-refractivity contribution in [1.29, 1.82) is 0 Å². The monoisotopic (exact) mass is 272 g/mol. The van der Waals surface area contributed by atoms with Crippen LogP contribution in [-0.4, -0.2) is 18.1 Å². The van der Waals surface area contributed by atoms with Gasteiger partial charge in [-0.2, -0.15) is 0 Å². The molecule has 20 heavy (non-hydrogen) atoms. The molecule has 0 atom stereocenters. The largest absolute Gasteiger partial charge is 0.441 e. The number of oxazole rings is 1. The number of hydrogen-bond acceptors (Lipinski definition) is 3. The van der Waals surface area contributed by atoms with Gasteiger partial charge >= 0.3 is 0 Å². The maximum Gasteiger partial charge on any atom is 0.196 e. The number of rotatable bonds is 7. The zero-order valence-corrected chi connectivity index (χ0v) is 12.6. The number of hydrogen-bond donors (Lipinski definition) is 1. The molecule has 2 aromatic rings. The lowest BCUT2D eigenvalue weighted by Crippen LogP contribution is -2.22. The highest BCUT2D eigenvalue weighted by Crippen LogP contribution is 2.21. The van der Waals surface area contributed by atoms with E-state index in [1.54, 1.807) is 0 Å². The van der Waals surface area contributed by atoms with Gasteiger partial charge in [-0.25, -0.2) is 4.98 Å². The Bertz CT molecular complexity index is 514. The first-order valence-corrected chi connectivity index (χ1v) is 7.43. The van der Waals surface area contributed by atoms with Crippen LogP contribution in [0.4, 0.5) is 0 Å². The first kappa shape index (κ1) is 14.8. The second-order valence-corrected chi connectivity index (χ2v) is 5.52. The van der Waals surface area contributed by atoms with Crippen LogP contribution >= 0.6 is 0 Å². The van der Waals surface area contributed by atoms with E-state index in [1.807, 2.05) is 6.20 Å². The van der Waals surface area contributed by atoms with Crippen molar-refractivity contribution < 1.29 is 4.42 Å². The lowest BCUT2D eigenvalue weighted by atomic mass is 10.1.